The SMILES string of the molecule is CCOc1ccc(C(N)C2COc3ccccc32)cc1. The quantitative estimate of drug-likeness (QED) is 0.926. The largest absolute Gasteiger partial charge is 0.494 e. The lowest BCUT2D eigenvalue weighted by atomic mass is 9.89. The fourth-order valence-electron chi connectivity index (χ4n) is 2.67. The van der Waals surface area contributed by atoms with Gasteiger partial charge in [-0.3, -0.25) is 0 Å². The Morgan fingerprint density at radius 1 is 1.20 bits per heavy atom. The predicted molar refractivity (Wildman–Crippen MR) is 79.2 cm³/mol. The van der Waals surface area contributed by atoms with Gasteiger partial charge in [0.25, 0.3) is 0 Å². The average Bonchev–Trinajstić information content (AvgIpc) is 2.92. The monoisotopic (exact) mass is 269 g/mol. The number of hydrogen-bond donors (Lipinski definition) is 1. The molecular weight excluding hydrogens is 250 g/mol. The standard InChI is InChI=1S/C17H19NO2/c1-2-19-13-9-7-12(8-10-13)17(18)15-11-20-16-6-4-3-5-14(15)16/h3-10,15,17H,2,11,18H2,1H3. The van der Waals surface area contributed by atoms with Gasteiger partial charge in [0.05, 0.1) is 13.2 Å². The van der Waals surface area contributed by atoms with Gasteiger partial charge in [-0.25, -0.2) is 0 Å². The lowest BCUT2D eigenvalue weighted by molar-refractivity contribution is 0.315. The van der Waals surface area contributed by atoms with Crippen LogP contribution in [0.2, 0.25) is 0 Å². The molecule has 0 saturated carbocycles. The summed E-state index contributed by atoms with van der Waals surface area (Å²) in [5.74, 6) is 2.05. The van der Waals surface area contributed by atoms with Gasteiger partial charge in [-0.1, -0.05) is 30.3 Å². The van der Waals surface area contributed by atoms with E-state index in [1.54, 1.807) is 0 Å². The maximum Gasteiger partial charge on any atom is 0.122 e. The van der Waals surface area contributed by atoms with Gasteiger partial charge in [0.1, 0.15) is 11.5 Å². The van der Waals surface area contributed by atoms with Crippen molar-refractivity contribution in [3.8, 4) is 11.5 Å². The Kier molecular flexibility index (Phi) is 3.61. The summed E-state index contributed by atoms with van der Waals surface area (Å²) < 4.78 is 11.2. The summed E-state index contributed by atoms with van der Waals surface area (Å²) in [5, 5.41) is 0. The lowest BCUT2D eigenvalue weighted by Gasteiger charge is -2.19. The van der Waals surface area contributed by atoms with E-state index in [4.69, 9.17) is 15.2 Å². The molecule has 3 heteroatoms. The Balaban J connectivity index is 1.81. The smallest absolute Gasteiger partial charge is 0.122 e. The van der Waals surface area contributed by atoms with Crippen molar-refractivity contribution in [3.63, 3.8) is 0 Å². The number of rotatable bonds is 4. The summed E-state index contributed by atoms with van der Waals surface area (Å²) in [5.41, 5.74) is 8.73. The molecule has 2 aromatic carbocycles. The minimum atomic E-state index is -0.0608. The van der Waals surface area contributed by atoms with Crippen LogP contribution in [0.4, 0.5) is 0 Å². The van der Waals surface area contributed by atoms with Crippen LogP contribution in [0.1, 0.15) is 30.0 Å². The molecule has 2 aromatic rings. The average molecular weight is 269 g/mol. The van der Waals surface area contributed by atoms with Gasteiger partial charge in [-0.05, 0) is 30.7 Å². The molecule has 2 atom stereocenters. The second kappa shape index (κ2) is 5.55. The van der Waals surface area contributed by atoms with E-state index in [-0.39, 0.29) is 12.0 Å². The Morgan fingerprint density at radius 3 is 2.70 bits per heavy atom. The minimum Gasteiger partial charge on any atom is -0.494 e. The molecule has 0 aromatic heterocycles. The molecule has 0 bridgehead atoms. The molecule has 0 radical (unpaired) electrons. The first kappa shape index (κ1) is 13.0. The third-order valence-corrected chi connectivity index (χ3v) is 3.75. The molecule has 0 saturated heterocycles. The van der Waals surface area contributed by atoms with Crippen molar-refractivity contribution in [2.75, 3.05) is 13.2 Å². The van der Waals surface area contributed by atoms with Gasteiger partial charge < -0.3 is 15.2 Å². The highest BCUT2D eigenvalue weighted by Gasteiger charge is 2.29. The van der Waals surface area contributed by atoms with E-state index < -0.39 is 0 Å². The van der Waals surface area contributed by atoms with Crippen LogP contribution in [0, 0.1) is 0 Å². The normalized spacial score (nSPS) is 18.2. The summed E-state index contributed by atoms with van der Waals surface area (Å²) in [6.07, 6.45) is 0. The summed E-state index contributed by atoms with van der Waals surface area (Å²) in [7, 11) is 0. The second-order valence-electron chi connectivity index (χ2n) is 4.98. The van der Waals surface area contributed by atoms with E-state index in [9.17, 15) is 0 Å². The highest BCUT2D eigenvalue weighted by Crippen LogP contribution is 2.40. The molecule has 2 N–H and O–H groups in total. The maximum atomic E-state index is 6.42. The van der Waals surface area contributed by atoms with Crippen molar-refractivity contribution in [2.24, 2.45) is 5.73 Å². The van der Waals surface area contributed by atoms with E-state index in [0.29, 0.717) is 13.2 Å². The molecule has 0 aliphatic carbocycles. The number of fused-ring (bicyclic) bond motifs is 1. The number of benzene rings is 2. The molecule has 1 heterocycles. The highest BCUT2D eigenvalue weighted by atomic mass is 16.5. The van der Waals surface area contributed by atoms with Crippen molar-refractivity contribution >= 4 is 0 Å². The maximum absolute atomic E-state index is 6.42. The predicted octanol–water partition coefficient (Wildman–Crippen LogP) is 3.26. The molecule has 1 aliphatic heterocycles. The fourth-order valence-corrected chi connectivity index (χ4v) is 2.67. The second-order valence-corrected chi connectivity index (χ2v) is 4.98. The number of nitrogens with two attached hydrogens (primary N) is 1. The zero-order valence-corrected chi connectivity index (χ0v) is 11.6. The van der Waals surface area contributed by atoms with Crippen LogP contribution >= 0.6 is 0 Å². The van der Waals surface area contributed by atoms with E-state index >= 15 is 0 Å². The molecule has 3 nitrogen and oxygen atoms in total. The summed E-state index contributed by atoms with van der Waals surface area (Å²) in [6, 6.07) is 16.1. The number of para-hydroxylation sites is 1. The molecule has 104 valence electrons. The number of ether oxygens (including phenoxy) is 2. The van der Waals surface area contributed by atoms with Gasteiger partial charge in [-0.2, -0.15) is 0 Å². The summed E-state index contributed by atoms with van der Waals surface area (Å²) >= 11 is 0. The van der Waals surface area contributed by atoms with Crippen molar-refractivity contribution < 1.29 is 9.47 Å². The van der Waals surface area contributed by atoms with E-state index in [2.05, 4.69) is 6.07 Å². The first-order valence-corrected chi connectivity index (χ1v) is 6.99. The van der Waals surface area contributed by atoms with Crippen molar-refractivity contribution in [1.29, 1.82) is 0 Å². The van der Waals surface area contributed by atoms with Gasteiger partial charge in [0.15, 0.2) is 0 Å². The van der Waals surface area contributed by atoms with Crippen LogP contribution < -0.4 is 15.2 Å². The molecular formula is C17H19NO2. The summed E-state index contributed by atoms with van der Waals surface area (Å²) in [6.45, 7) is 3.30. The fraction of sp³-hybridized carbons (Fsp3) is 0.294. The highest BCUT2D eigenvalue weighted by molar-refractivity contribution is 5.42. The molecule has 20 heavy (non-hydrogen) atoms. The molecule has 0 amide bonds. The Bertz CT molecular complexity index is 580. The zero-order chi connectivity index (χ0) is 13.9. The van der Waals surface area contributed by atoms with Crippen molar-refractivity contribution in [1.82, 2.24) is 0 Å². The zero-order valence-electron chi connectivity index (χ0n) is 11.6. The van der Waals surface area contributed by atoms with Crippen LogP contribution in [0.25, 0.3) is 0 Å². The molecule has 0 fully saturated rings. The van der Waals surface area contributed by atoms with E-state index in [0.717, 1.165) is 17.1 Å². The van der Waals surface area contributed by atoms with Crippen LogP contribution in [0.5, 0.6) is 11.5 Å². The van der Waals surface area contributed by atoms with E-state index in [1.165, 1.54) is 5.56 Å². The van der Waals surface area contributed by atoms with E-state index in [1.807, 2.05) is 49.4 Å². The topological polar surface area (TPSA) is 44.5 Å². The van der Waals surface area contributed by atoms with Crippen LogP contribution in [0.3, 0.4) is 0 Å². The van der Waals surface area contributed by atoms with Gasteiger partial charge in [0.2, 0.25) is 0 Å². The van der Waals surface area contributed by atoms with Gasteiger partial charge in [0, 0.05) is 17.5 Å². The Hall–Kier alpha value is -2.00. The van der Waals surface area contributed by atoms with Crippen molar-refractivity contribution in [2.45, 2.75) is 18.9 Å². The van der Waals surface area contributed by atoms with Crippen LogP contribution in [-0.2, 0) is 0 Å². The van der Waals surface area contributed by atoms with Gasteiger partial charge >= 0.3 is 0 Å². The van der Waals surface area contributed by atoms with Crippen LogP contribution in [0.15, 0.2) is 48.5 Å². The van der Waals surface area contributed by atoms with Gasteiger partial charge in [-0.15, -0.1) is 0 Å². The first-order valence-electron chi connectivity index (χ1n) is 6.99. The summed E-state index contributed by atoms with van der Waals surface area (Å²) in [4.78, 5) is 0. The van der Waals surface area contributed by atoms with Crippen LogP contribution in [-0.4, -0.2) is 13.2 Å². The Morgan fingerprint density at radius 2 is 1.95 bits per heavy atom. The third-order valence-electron chi connectivity index (χ3n) is 3.75. The minimum absolute atomic E-state index is 0.0608. The molecule has 1 aliphatic rings. The molecule has 0 spiro atoms. The van der Waals surface area contributed by atoms with Crippen molar-refractivity contribution in [3.05, 3.63) is 59.7 Å². The molecule has 3 rings (SSSR count). The molecule has 2 unspecified atom stereocenters. The Labute approximate surface area is 119 Å². The lowest BCUT2D eigenvalue weighted by Crippen LogP contribution is -2.20. The number of hydrogen-bond acceptors (Lipinski definition) is 3. The third kappa shape index (κ3) is 2.37. The first-order chi connectivity index (χ1) is 9.79.